The van der Waals surface area contributed by atoms with Crippen LogP contribution in [0.15, 0.2) is 22.8 Å². The molecule has 0 bridgehead atoms. The van der Waals surface area contributed by atoms with Crippen molar-refractivity contribution in [2.24, 2.45) is 0 Å². The molecule has 1 rings (SSSR count). The first kappa shape index (κ1) is 10.2. The Morgan fingerprint density at radius 3 is 2.62 bits per heavy atom. The number of hydrogen-bond acceptors (Lipinski definition) is 2. The SMILES string of the molecule is CC(=O)C1=C(CC=C(C)C)COC1. The summed E-state index contributed by atoms with van der Waals surface area (Å²) in [6, 6.07) is 0. The van der Waals surface area contributed by atoms with E-state index in [0.717, 1.165) is 17.6 Å². The highest BCUT2D eigenvalue weighted by molar-refractivity contribution is 5.94. The second kappa shape index (κ2) is 4.38. The van der Waals surface area contributed by atoms with Gasteiger partial charge in [0.25, 0.3) is 0 Å². The molecule has 72 valence electrons. The number of carbonyl (C=O) groups is 1. The molecule has 2 heteroatoms. The lowest BCUT2D eigenvalue weighted by molar-refractivity contribution is -0.113. The molecule has 1 heterocycles. The van der Waals surface area contributed by atoms with Crippen LogP contribution in [0.1, 0.15) is 27.2 Å². The van der Waals surface area contributed by atoms with Gasteiger partial charge >= 0.3 is 0 Å². The van der Waals surface area contributed by atoms with Gasteiger partial charge in [0.05, 0.1) is 13.2 Å². The number of carbonyl (C=O) groups excluding carboxylic acids is 1. The van der Waals surface area contributed by atoms with Gasteiger partial charge in [0.15, 0.2) is 5.78 Å². The summed E-state index contributed by atoms with van der Waals surface area (Å²) in [6.45, 7) is 6.85. The van der Waals surface area contributed by atoms with Crippen LogP contribution in [-0.4, -0.2) is 19.0 Å². The van der Waals surface area contributed by atoms with Crippen LogP contribution in [0.5, 0.6) is 0 Å². The summed E-state index contributed by atoms with van der Waals surface area (Å²) in [7, 11) is 0. The molecule has 0 saturated carbocycles. The van der Waals surface area contributed by atoms with Crippen LogP contribution < -0.4 is 0 Å². The van der Waals surface area contributed by atoms with Crippen LogP contribution in [-0.2, 0) is 9.53 Å². The smallest absolute Gasteiger partial charge is 0.158 e. The van der Waals surface area contributed by atoms with Gasteiger partial charge in [-0.1, -0.05) is 11.6 Å². The molecule has 0 fully saturated rings. The third-order valence-electron chi connectivity index (χ3n) is 2.13. The van der Waals surface area contributed by atoms with E-state index < -0.39 is 0 Å². The third kappa shape index (κ3) is 2.81. The van der Waals surface area contributed by atoms with Gasteiger partial charge in [-0.25, -0.2) is 0 Å². The standard InChI is InChI=1S/C11H16O2/c1-8(2)4-5-10-6-13-7-11(10)9(3)12/h4H,5-7H2,1-3H3. The highest BCUT2D eigenvalue weighted by Crippen LogP contribution is 2.19. The normalized spacial score (nSPS) is 16.2. The molecule has 0 aromatic rings. The Morgan fingerprint density at radius 1 is 1.38 bits per heavy atom. The molecule has 0 aromatic carbocycles. The van der Waals surface area contributed by atoms with Crippen LogP contribution in [0, 0.1) is 0 Å². The third-order valence-corrected chi connectivity index (χ3v) is 2.13. The quantitative estimate of drug-likeness (QED) is 0.623. The predicted octanol–water partition coefficient (Wildman–Crippen LogP) is 2.26. The zero-order valence-electron chi connectivity index (χ0n) is 8.52. The summed E-state index contributed by atoms with van der Waals surface area (Å²) in [5.74, 6) is 0.148. The van der Waals surface area contributed by atoms with Crippen molar-refractivity contribution in [3.8, 4) is 0 Å². The molecule has 0 radical (unpaired) electrons. The Bertz CT molecular complexity index is 268. The molecule has 1 aliphatic heterocycles. The fourth-order valence-corrected chi connectivity index (χ4v) is 1.33. The molecule has 0 amide bonds. The Morgan fingerprint density at radius 2 is 2.08 bits per heavy atom. The molecule has 0 aromatic heterocycles. The highest BCUT2D eigenvalue weighted by Gasteiger charge is 2.17. The van der Waals surface area contributed by atoms with E-state index in [1.54, 1.807) is 6.92 Å². The van der Waals surface area contributed by atoms with Crippen LogP contribution in [0.3, 0.4) is 0 Å². The Hall–Kier alpha value is -0.890. The summed E-state index contributed by atoms with van der Waals surface area (Å²) in [4.78, 5) is 11.1. The zero-order chi connectivity index (χ0) is 9.84. The lowest BCUT2D eigenvalue weighted by Crippen LogP contribution is -1.99. The summed E-state index contributed by atoms with van der Waals surface area (Å²) >= 11 is 0. The lowest BCUT2D eigenvalue weighted by atomic mass is 10.0. The van der Waals surface area contributed by atoms with Gasteiger partial charge in [0.2, 0.25) is 0 Å². The van der Waals surface area contributed by atoms with E-state index in [1.807, 2.05) is 0 Å². The molecular weight excluding hydrogens is 164 g/mol. The average molecular weight is 180 g/mol. The van der Waals surface area contributed by atoms with Gasteiger partial charge in [-0.2, -0.15) is 0 Å². The van der Waals surface area contributed by atoms with E-state index in [2.05, 4.69) is 19.9 Å². The molecule has 0 saturated heterocycles. The molecule has 0 N–H and O–H groups in total. The summed E-state index contributed by atoms with van der Waals surface area (Å²) in [5.41, 5.74) is 3.30. The lowest BCUT2D eigenvalue weighted by Gasteiger charge is -1.98. The highest BCUT2D eigenvalue weighted by atomic mass is 16.5. The number of rotatable bonds is 3. The predicted molar refractivity (Wildman–Crippen MR) is 52.6 cm³/mol. The Balaban J connectivity index is 2.71. The largest absolute Gasteiger partial charge is 0.372 e. The minimum absolute atomic E-state index is 0.148. The monoisotopic (exact) mass is 180 g/mol. The fraction of sp³-hybridized carbons (Fsp3) is 0.545. The zero-order valence-corrected chi connectivity index (χ0v) is 8.52. The maximum Gasteiger partial charge on any atom is 0.158 e. The number of Topliss-reactive ketones (excluding diaryl/α,β-unsaturated/α-hetero) is 1. The number of hydrogen-bond donors (Lipinski definition) is 0. The van der Waals surface area contributed by atoms with E-state index in [1.165, 1.54) is 5.57 Å². The molecular formula is C11H16O2. The first-order valence-corrected chi connectivity index (χ1v) is 4.54. The molecule has 1 aliphatic rings. The first-order valence-electron chi connectivity index (χ1n) is 4.54. The second-order valence-corrected chi connectivity index (χ2v) is 3.62. The van der Waals surface area contributed by atoms with Gasteiger partial charge in [0.1, 0.15) is 0 Å². The molecule has 2 nitrogen and oxygen atoms in total. The van der Waals surface area contributed by atoms with Crippen molar-refractivity contribution >= 4 is 5.78 Å². The van der Waals surface area contributed by atoms with Crippen molar-refractivity contribution in [3.63, 3.8) is 0 Å². The van der Waals surface area contributed by atoms with E-state index in [9.17, 15) is 4.79 Å². The van der Waals surface area contributed by atoms with Gasteiger partial charge in [-0.15, -0.1) is 0 Å². The van der Waals surface area contributed by atoms with Gasteiger partial charge in [-0.3, -0.25) is 4.79 Å². The van der Waals surface area contributed by atoms with Crippen LogP contribution in [0.25, 0.3) is 0 Å². The van der Waals surface area contributed by atoms with E-state index >= 15 is 0 Å². The number of ether oxygens (including phenoxy) is 1. The summed E-state index contributed by atoms with van der Waals surface area (Å²) < 4.78 is 5.24. The maximum atomic E-state index is 11.1. The van der Waals surface area contributed by atoms with Crippen LogP contribution in [0.2, 0.25) is 0 Å². The van der Waals surface area contributed by atoms with Crippen LogP contribution in [0.4, 0.5) is 0 Å². The summed E-state index contributed by atoms with van der Waals surface area (Å²) in [6.07, 6.45) is 2.99. The molecule has 0 atom stereocenters. The summed E-state index contributed by atoms with van der Waals surface area (Å²) in [5, 5.41) is 0. The first-order chi connectivity index (χ1) is 6.11. The minimum atomic E-state index is 0.148. The van der Waals surface area contributed by atoms with Crippen molar-refractivity contribution in [1.29, 1.82) is 0 Å². The molecule has 0 spiro atoms. The maximum absolute atomic E-state index is 11.1. The van der Waals surface area contributed by atoms with Gasteiger partial charge < -0.3 is 4.74 Å². The van der Waals surface area contributed by atoms with Crippen molar-refractivity contribution in [2.45, 2.75) is 27.2 Å². The number of allylic oxidation sites excluding steroid dienone is 2. The van der Waals surface area contributed by atoms with Crippen molar-refractivity contribution in [1.82, 2.24) is 0 Å². The minimum Gasteiger partial charge on any atom is -0.372 e. The van der Waals surface area contributed by atoms with E-state index in [-0.39, 0.29) is 5.78 Å². The van der Waals surface area contributed by atoms with E-state index in [0.29, 0.717) is 13.2 Å². The molecule has 13 heavy (non-hydrogen) atoms. The van der Waals surface area contributed by atoms with Gasteiger partial charge in [0, 0.05) is 5.57 Å². The number of ketones is 1. The van der Waals surface area contributed by atoms with Crippen molar-refractivity contribution in [3.05, 3.63) is 22.8 Å². The fourth-order valence-electron chi connectivity index (χ4n) is 1.33. The van der Waals surface area contributed by atoms with Crippen LogP contribution >= 0.6 is 0 Å². The van der Waals surface area contributed by atoms with Gasteiger partial charge in [-0.05, 0) is 32.8 Å². The second-order valence-electron chi connectivity index (χ2n) is 3.62. The van der Waals surface area contributed by atoms with Crippen molar-refractivity contribution in [2.75, 3.05) is 13.2 Å². The Labute approximate surface area is 79.3 Å². The Kier molecular flexibility index (Phi) is 3.43. The molecule has 0 aliphatic carbocycles. The molecule has 0 unspecified atom stereocenters. The van der Waals surface area contributed by atoms with Crippen molar-refractivity contribution < 1.29 is 9.53 Å². The topological polar surface area (TPSA) is 26.3 Å². The average Bonchev–Trinajstić information content (AvgIpc) is 2.47. The van der Waals surface area contributed by atoms with E-state index in [4.69, 9.17) is 4.74 Å².